The molecule has 22 heavy (non-hydrogen) atoms. The van der Waals surface area contributed by atoms with E-state index >= 15 is 0 Å². The third-order valence-electron chi connectivity index (χ3n) is 3.14. The maximum Gasteiger partial charge on any atom is 0.416 e. The number of amides is 1. The van der Waals surface area contributed by atoms with Crippen LogP contribution in [0.4, 0.5) is 24.7 Å². The van der Waals surface area contributed by atoms with E-state index in [0.717, 1.165) is 6.07 Å². The van der Waals surface area contributed by atoms with Crippen LogP contribution in [0.1, 0.15) is 28.4 Å². The maximum atomic E-state index is 13.0. The number of rotatable bonds is 3. The Bertz CT molecular complexity index is 699. The smallest absolute Gasteiger partial charge is 0.383 e. The zero-order valence-electron chi connectivity index (χ0n) is 11.7. The van der Waals surface area contributed by atoms with Gasteiger partial charge < -0.3 is 11.1 Å². The molecule has 0 fully saturated rings. The lowest BCUT2D eigenvalue weighted by Crippen LogP contribution is -2.16. The minimum Gasteiger partial charge on any atom is -0.383 e. The fourth-order valence-corrected chi connectivity index (χ4v) is 2.03. The molecule has 2 aromatic rings. The number of carbonyl (C=O) groups is 1. The van der Waals surface area contributed by atoms with Gasteiger partial charge in [-0.15, -0.1) is 0 Å². The molecule has 0 saturated heterocycles. The van der Waals surface area contributed by atoms with Crippen molar-refractivity contribution in [2.45, 2.75) is 19.5 Å². The summed E-state index contributed by atoms with van der Waals surface area (Å²) in [6.45, 7) is 1.64. The fraction of sp³-hybridized carbons (Fsp3) is 0.200. The Morgan fingerprint density at radius 2 is 2.05 bits per heavy atom. The number of halogens is 3. The van der Waals surface area contributed by atoms with E-state index in [9.17, 15) is 18.0 Å². The molecule has 0 unspecified atom stereocenters. The van der Waals surface area contributed by atoms with Crippen LogP contribution in [0.25, 0.3) is 0 Å². The SMILES string of the molecule is CCc1ccc(NC(=O)c2cccnc2N)cc1C(F)(F)F. The van der Waals surface area contributed by atoms with Gasteiger partial charge in [0.15, 0.2) is 0 Å². The Labute approximate surface area is 125 Å². The number of nitrogen functional groups attached to an aromatic ring is 1. The van der Waals surface area contributed by atoms with Crippen LogP contribution < -0.4 is 11.1 Å². The van der Waals surface area contributed by atoms with Crippen molar-refractivity contribution in [1.29, 1.82) is 0 Å². The van der Waals surface area contributed by atoms with Gasteiger partial charge in [0.2, 0.25) is 0 Å². The molecule has 0 aliphatic heterocycles. The zero-order chi connectivity index (χ0) is 16.3. The van der Waals surface area contributed by atoms with Crippen LogP contribution >= 0.6 is 0 Å². The van der Waals surface area contributed by atoms with Gasteiger partial charge in [-0.05, 0) is 36.2 Å². The second-order valence-electron chi connectivity index (χ2n) is 4.61. The summed E-state index contributed by atoms with van der Waals surface area (Å²) >= 11 is 0. The number of nitrogens with two attached hydrogens (primary N) is 1. The van der Waals surface area contributed by atoms with Crippen molar-refractivity contribution in [2.24, 2.45) is 0 Å². The molecule has 1 heterocycles. The Morgan fingerprint density at radius 3 is 2.64 bits per heavy atom. The average molecular weight is 309 g/mol. The first-order valence-electron chi connectivity index (χ1n) is 6.55. The highest BCUT2D eigenvalue weighted by Gasteiger charge is 2.33. The third kappa shape index (κ3) is 3.36. The molecule has 0 saturated carbocycles. The summed E-state index contributed by atoms with van der Waals surface area (Å²) in [5.41, 5.74) is 5.14. The molecule has 1 aromatic heterocycles. The van der Waals surface area contributed by atoms with Crippen molar-refractivity contribution >= 4 is 17.4 Å². The van der Waals surface area contributed by atoms with Crippen molar-refractivity contribution in [3.63, 3.8) is 0 Å². The molecule has 0 bridgehead atoms. The summed E-state index contributed by atoms with van der Waals surface area (Å²) in [6, 6.07) is 6.67. The van der Waals surface area contributed by atoms with E-state index in [0.29, 0.717) is 0 Å². The average Bonchev–Trinajstić information content (AvgIpc) is 2.46. The fourth-order valence-electron chi connectivity index (χ4n) is 2.03. The number of aromatic nitrogens is 1. The van der Waals surface area contributed by atoms with Crippen LogP contribution in [0, 0.1) is 0 Å². The van der Waals surface area contributed by atoms with Gasteiger partial charge in [0.05, 0.1) is 11.1 Å². The van der Waals surface area contributed by atoms with Crippen molar-refractivity contribution < 1.29 is 18.0 Å². The monoisotopic (exact) mass is 309 g/mol. The Hall–Kier alpha value is -2.57. The van der Waals surface area contributed by atoms with Gasteiger partial charge in [0.1, 0.15) is 5.82 Å². The second-order valence-corrected chi connectivity index (χ2v) is 4.61. The number of anilines is 2. The van der Waals surface area contributed by atoms with E-state index in [2.05, 4.69) is 10.3 Å². The summed E-state index contributed by atoms with van der Waals surface area (Å²) in [5.74, 6) is -0.593. The Kier molecular flexibility index (Phi) is 4.35. The van der Waals surface area contributed by atoms with E-state index in [1.807, 2.05) is 0 Å². The number of benzene rings is 1. The van der Waals surface area contributed by atoms with E-state index < -0.39 is 17.6 Å². The van der Waals surface area contributed by atoms with Crippen LogP contribution in [-0.4, -0.2) is 10.9 Å². The normalized spacial score (nSPS) is 11.3. The van der Waals surface area contributed by atoms with E-state index in [4.69, 9.17) is 5.73 Å². The number of hydrogen-bond donors (Lipinski definition) is 2. The summed E-state index contributed by atoms with van der Waals surface area (Å²) in [7, 11) is 0. The maximum absolute atomic E-state index is 13.0. The second kappa shape index (κ2) is 6.05. The Balaban J connectivity index is 2.31. The lowest BCUT2D eigenvalue weighted by atomic mass is 10.0. The molecule has 0 spiro atoms. The van der Waals surface area contributed by atoms with Crippen molar-refractivity contribution in [3.8, 4) is 0 Å². The topological polar surface area (TPSA) is 68.0 Å². The van der Waals surface area contributed by atoms with Gasteiger partial charge in [0.25, 0.3) is 5.91 Å². The summed E-state index contributed by atoms with van der Waals surface area (Å²) in [6.07, 6.45) is -2.80. The number of aryl methyl sites for hydroxylation is 1. The molecule has 2 rings (SSSR count). The predicted molar refractivity (Wildman–Crippen MR) is 77.4 cm³/mol. The van der Waals surface area contributed by atoms with Gasteiger partial charge in [-0.3, -0.25) is 4.79 Å². The quantitative estimate of drug-likeness (QED) is 0.912. The Morgan fingerprint density at radius 1 is 1.32 bits per heavy atom. The van der Waals surface area contributed by atoms with Crippen LogP contribution in [-0.2, 0) is 12.6 Å². The number of carbonyl (C=O) groups excluding carboxylic acids is 1. The molecule has 4 nitrogen and oxygen atoms in total. The van der Waals surface area contributed by atoms with Gasteiger partial charge in [-0.2, -0.15) is 13.2 Å². The van der Waals surface area contributed by atoms with Gasteiger partial charge in [0, 0.05) is 11.9 Å². The van der Waals surface area contributed by atoms with Crippen LogP contribution in [0.3, 0.4) is 0 Å². The number of hydrogen-bond acceptors (Lipinski definition) is 3. The highest BCUT2D eigenvalue weighted by Crippen LogP contribution is 2.34. The van der Waals surface area contributed by atoms with Crippen LogP contribution in [0.5, 0.6) is 0 Å². The predicted octanol–water partition coefficient (Wildman–Crippen LogP) is 3.50. The first-order chi connectivity index (χ1) is 10.3. The largest absolute Gasteiger partial charge is 0.416 e. The van der Waals surface area contributed by atoms with Crippen LogP contribution in [0.15, 0.2) is 36.5 Å². The van der Waals surface area contributed by atoms with E-state index in [1.165, 1.54) is 30.5 Å². The van der Waals surface area contributed by atoms with E-state index in [1.54, 1.807) is 6.92 Å². The van der Waals surface area contributed by atoms with Gasteiger partial charge in [-0.1, -0.05) is 13.0 Å². The molecule has 0 aliphatic carbocycles. The van der Waals surface area contributed by atoms with Crippen molar-refractivity contribution in [1.82, 2.24) is 4.98 Å². The number of pyridine rings is 1. The molecular formula is C15H14F3N3O. The molecule has 3 N–H and O–H groups in total. The molecule has 0 atom stereocenters. The molecule has 0 aliphatic rings. The van der Waals surface area contributed by atoms with Crippen molar-refractivity contribution in [3.05, 3.63) is 53.2 Å². The minimum atomic E-state index is -4.47. The van der Waals surface area contributed by atoms with E-state index in [-0.39, 0.29) is 29.1 Å². The molecule has 1 aromatic carbocycles. The first-order valence-corrected chi connectivity index (χ1v) is 6.55. The van der Waals surface area contributed by atoms with Gasteiger partial charge in [-0.25, -0.2) is 4.98 Å². The lowest BCUT2D eigenvalue weighted by molar-refractivity contribution is -0.138. The summed E-state index contributed by atoms with van der Waals surface area (Å²) < 4.78 is 39.0. The number of alkyl halides is 3. The van der Waals surface area contributed by atoms with Crippen LogP contribution in [0.2, 0.25) is 0 Å². The zero-order valence-corrected chi connectivity index (χ0v) is 11.7. The molecule has 0 radical (unpaired) electrons. The molecule has 7 heteroatoms. The highest BCUT2D eigenvalue weighted by atomic mass is 19.4. The van der Waals surface area contributed by atoms with Crippen molar-refractivity contribution in [2.75, 3.05) is 11.1 Å². The van der Waals surface area contributed by atoms with Gasteiger partial charge >= 0.3 is 6.18 Å². The summed E-state index contributed by atoms with van der Waals surface area (Å²) in [4.78, 5) is 15.8. The standard InChI is InChI=1S/C15H14F3N3O/c1-2-9-5-6-10(8-12(9)15(16,17)18)21-14(22)11-4-3-7-20-13(11)19/h3-8H,2H2,1H3,(H2,19,20)(H,21,22). The number of nitrogens with zero attached hydrogens (tertiary/aromatic N) is 1. The first kappa shape index (κ1) is 15.8. The summed E-state index contributed by atoms with van der Waals surface area (Å²) in [5, 5.41) is 2.40. The lowest BCUT2D eigenvalue weighted by Gasteiger charge is -2.14. The third-order valence-corrected chi connectivity index (χ3v) is 3.14. The highest BCUT2D eigenvalue weighted by molar-refractivity contribution is 6.07. The minimum absolute atomic E-state index is 0.0150. The molecular weight excluding hydrogens is 295 g/mol. The molecule has 116 valence electrons. The number of nitrogens with one attached hydrogen (secondary N) is 1. The molecule has 1 amide bonds.